The largest absolute Gasteiger partial charge is 0.493 e. The van der Waals surface area contributed by atoms with Gasteiger partial charge in [-0.3, -0.25) is 4.98 Å². The van der Waals surface area contributed by atoms with Crippen LogP contribution in [0.15, 0.2) is 42.7 Å². The van der Waals surface area contributed by atoms with Gasteiger partial charge >= 0.3 is 5.97 Å². The Morgan fingerprint density at radius 1 is 1.15 bits per heavy atom. The van der Waals surface area contributed by atoms with Gasteiger partial charge in [0, 0.05) is 12.4 Å². The lowest BCUT2D eigenvalue weighted by Gasteiger charge is -2.16. The first-order valence-electron chi connectivity index (χ1n) is 9.35. The number of aromatic nitrogens is 1. The summed E-state index contributed by atoms with van der Waals surface area (Å²) in [5, 5.41) is 0. The fourth-order valence-corrected chi connectivity index (χ4v) is 3.23. The molecule has 0 radical (unpaired) electrons. The Kier molecular flexibility index (Phi) is 6.47. The van der Waals surface area contributed by atoms with Crippen LogP contribution in [0.1, 0.15) is 43.7 Å². The molecule has 1 aromatic heterocycles. The highest BCUT2D eigenvalue weighted by molar-refractivity contribution is 6.21. The minimum Gasteiger partial charge on any atom is -0.493 e. The van der Waals surface area contributed by atoms with Crippen LogP contribution in [0.5, 0.6) is 11.5 Å². The summed E-state index contributed by atoms with van der Waals surface area (Å²) in [6.45, 7) is 2.11. The molecule has 0 unspecified atom stereocenters. The molecule has 0 spiro atoms. The number of rotatable bonds is 7. The number of esters is 1. The molecule has 1 aliphatic rings. The molecule has 0 aliphatic heterocycles. The minimum absolute atomic E-state index is 0.225. The van der Waals surface area contributed by atoms with E-state index in [1.165, 1.54) is 12.8 Å². The monoisotopic (exact) mass is 367 g/mol. The Bertz CT molecular complexity index is 795. The van der Waals surface area contributed by atoms with Gasteiger partial charge in [0.1, 0.15) is 0 Å². The maximum Gasteiger partial charge on any atom is 0.338 e. The quantitative estimate of drug-likeness (QED) is 0.532. The Labute approximate surface area is 160 Å². The van der Waals surface area contributed by atoms with Crippen LogP contribution in [0.2, 0.25) is 0 Å². The normalized spacial score (nSPS) is 14.8. The van der Waals surface area contributed by atoms with E-state index in [4.69, 9.17) is 14.2 Å². The summed E-state index contributed by atoms with van der Waals surface area (Å²) in [4.78, 5) is 16.5. The minimum atomic E-state index is -0.363. The van der Waals surface area contributed by atoms with Crippen molar-refractivity contribution in [3.63, 3.8) is 0 Å². The van der Waals surface area contributed by atoms with E-state index < -0.39 is 0 Å². The molecular formula is C22H25NO4. The highest BCUT2D eigenvalue weighted by Gasteiger charge is 2.19. The molecule has 3 rings (SSSR count). The summed E-state index contributed by atoms with van der Waals surface area (Å²) >= 11 is 0. The summed E-state index contributed by atoms with van der Waals surface area (Å²) in [6, 6.07) is 9.27. The number of carbonyl (C=O) groups excluding carboxylic acids is 1. The van der Waals surface area contributed by atoms with E-state index in [2.05, 4.69) is 4.98 Å². The van der Waals surface area contributed by atoms with E-state index in [0.29, 0.717) is 23.7 Å². The van der Waals surface area contributed by atoms with Gasteiger partial charge < -0.3 is 14.2 Å². The number of carbonyl (C=O) groups is 1. The van der Waals surface area contributed by atoms with E-state index in [0.717, 1.165) is 24.0 Å². The van der Waals surface area contributed by atoms with Crippen LogP contribution in [0.4, 0.5) is 0 Å². The van der Waals surface area contributed by atoms with Crippen molar-refractivity contribution < 1.29 is 19.0 Å². The zero-order valence-electron chi connectivity index (χ0n) is 15.8. The van der Waals surface area contributed by atoms with Crippen molar-refractivity contribution >= 4 is 17.6 Å². The SMILES string of the molecule is CCOC(=O)/C(=C\c1ccc(OC)c(OC2CCCC2)c1)c1ccncc1. The van der Waals surface area contributed by atoms with Gasteiger partial charge in [-0.05, 0) is 74.1 Å². The van der Waals surface area contributed by atoms with Crippen LogP contribution < -0.4 is 9.47 Å². The molecule has 0 bridgehead atoms. The van der Waals surface area contributed by atoms with Crippen molar-refractivity contribution in [2.45, 2.75) is 38.7 Å². The number of nitrogens with zero attached hydrogens (tertiary/aromatic N) is 1. The maximum atomic E-state index is 12.5. The van der Waals surface area contributed by atoms with Crippen molar-refractivity contribution in [2.75, 3.05) is 13.7 Å². The molecule has 142 valence electrons. The van der Waals surface area contributed by atoms with E-state index in [9.17, 15) is 4.79 Å². The fourth-order valence-electron chi connectivity index (χ4n) is 3.23. The second-order valence-corrected chi connectivity index (χ2v) is 6.45. The van der Waals surface area contributed by atoms with Crippen molar-refractivity contribution in [1.82, 2.24) is 4.98 Å². The summed E-state index contributed by atoms with van der Waals surface area (Å²) in [6.07, 6.45) is 9.87. The van der Waals surface area contributed by atoms with Crippen molar-refractivity contribution in [1.29, 1.82) is 0 Å². The average molecular weight is 367 g/mol. The van der Waals surface area contributed by atoms with E-state index >= 15 is 0 Å². The van der Waals surface area contributed by atoms with Gasteiger partial charge in [-0.15, -0.1) is 0 Å². The predicted octanol–water partition coefficient (Wildman–Crippen LogP) is 4.52. The van der Waals surface area contributed by atoms with Crippen molar-refractivity contribution in [3.05, 3.63) is 53.9 Å². The van der Waals surface area contributed by atoms with Crippen LogP contribution in [-0.2, 0) is 9.53 Å². The maximum absolute atomic E-state index is 12.5. The van der Waals surface area contributed by atoms with Crippen LogP contribution in [0.25, 0.3) is 11.6 Å². The van der Waals surface area contributed by atoms with Gasteiger partial charge in [-0.1, -0.05) is 6.07 Å². The van der Waals surface area contributed by atoms with Gasteiger partial charge in [0.05, 0.1) is 25.4 Å². The van der Waals surface area contributed by atoms with Gasteiger partial charge in [0.25, 0.3) is 0 Å². The van der Waals surface area contributed by atoms with Gasteiger partial charge in [-0.25, -0.2) is 4.79 Å². The highest BCUT2D eigenvalue weighted by atomic mass is 16.5. The molecule has 1 aromatic carbocycles. The number of methoxy groups -OCH3 is 1. The Morgan fingerprint density at radius 3 is 2.56 bits per heavy atom. The molecule has 2 aromatic rings. The lowest BCUT2D eigenvalue weighted by molar-refractivity contribution is -0.136. The fraction of sp³-hybridized carbons (Fsp3) is 0.364. The molecule has 0 atom stereocenters. The summed E-state index contributed by atoms with van der Waals surface area (Å²) in [5.41, 5.74) is 2.09. The summed E-state index contributed by atoms with van der Waals surface area (Å²) < 4.78 is 16.8. The third kappa shape index (κ3) is 4.88. The molecule has 1 heterocycles. The molecule has 5 nitrogen and oxygen atoms in total. The predicted molar refractivity (Wildman–Crippen MR) is 105 cm³/mol. The third-order valence-corrected chi connectivity index (χ3v) is 4.58. The number of hydrogen-bond acceptors (Lipinski definition) is 5. The molecular weight excluding hydrogens is 342 g/mol. The molecule has 27 heavy (non-hydrogen) atoms. The topological polar surface area (TPSA) is 57.7 Å². The molecule has 0 amide bonds. The van der Waals surface area contributed by atoms with Crippen LogP contribution in [0.3, 0.4) is 0 Å². The van der Waals surface area contributed by atoms with Crippen LogP contribution >= 0.6 is 0 Å². The zero-order chi connectivity index (χ0) is 19.1. The summed E-state index contributed by atoms with van der Waals surface area (Å²) in [7, 11) is 1.63. The molecule has 0 N–H and O–H groups in total. The molecule has 1 fully saturated rings. The Hall–Kier alpha value is -2.82. The Balaban J connectivity index is 1.95. The first kappa shape index (κ1) is 19.0. The van der Waals surface area contributed by atoms with E-state index in [-0.39, 0.29) is 12.1 Å². The number of pyridine rings is 1. The zero-order valence-corrected chi connectivity index (χ0v) is 15.8. The number of benzene rings is 1. The molecule has 0 saturated heterocycles. The van der Waals surface area contributed by atoms with Crippen LogP contribution in [-0.4, -0.2) is 30.8 Å². The standard InChI is InChI=1S/C22H25NO4/c1-3-26-22(24)19(17-10-12-23-13-11-17)14-16-8-9-20(25-2)21(15-16)27-18-6-4-5-7-18/h8-15,18H,3-7H2,1-2H3/b19-14-. The third-order valence-electron chi connectivity index (χ3n) is 4.58. The first-order chi connectivity index (χ1) is 13.2. The summed E-state index contributed by atoms with van der Waals surface area (Å²) in [5.74, 6) is 1.04. The Morgan fingerprint density at radius 2 is 1.89 bits per heavy atom. The second kappa shape index (κ2) is 9.21. The van der Waals surface area contributed by atoms with Gasteiger partial charge in [0.15, 0.2) is 11.5 Å². The van der Waals surface area contributed by atoms with Crippen molar-refractivity contribution in [3.8, 4) is 11.5 Å². The molecule has 5 heteroatoms. The highest BCUT2D eigenvalue weighted by Crippen LogP contribution is 2.33. The average Bonchev–Trinajstić information content (AvgIpc) is 3.20. The smallest absolute Gasteiger partial charge is 0.338 e. The number of hydrogen-bond donors (Lipinski definition) is 0. The number of ether oxygens (including phenoxy) is 3. The van der Waals surface area contributed by atoms with Crippen molar-refractivity contribution in [2.24, 2.45) is 0 Å². The second-order valence-electron chi connectivity index (χ2n) is 6.45. The molecule has 1 aliphatic carbocycles. The lowest BCUT2D eigenvalue weighted by Crippen LogP contribution is -2.11. The van der Waals surface area contributed by atoms with E-state index in [1.807, 2.05) is 24.3 Å². The van der Waals surface area contributed by atoms with Gasteiger partial charge in [-0.2, -0.15) is 0 Å². The van der Waals surface area contributed by atoms with E-state index in [1.54, 1.807) is 38.6 Å². The molecule has 1 saturated carbocycles. The lowest BCUT2D eigenvalue weighted by atomic mass is 10.0. The van der Waals surface area contributed by atoms with Crippen LogP contribution in [0, 0.1) is 0 Å². The first-order valence-corrected chi connectivity index (χ1v) is 9.35. The van der Waals surface area contributed by atoms with Gasteiger partial charge in [0.2, 0.25) is 0 Å².